The van der Waals surface area contributed by atoms with Crippen LogP contribution in [0.15, 0.2) is 42.9 Å². The molecule has 0 spiro atoms. The maximum absolute atomic E-state index is 13.4. The van der Waals surface area contributed by atoms with E-state index in [1.165, 1.54) is 18.5 Å². The molecule has 198 valence electrons. The molecular weight excluding hydrogens is 487 g/mol. The smallest absolute Gasteiger partial charge is 0.391 e. The third-order valence-corrected chi connectivity index (χ3v) is 7.22. The molecule has 0 bridgehead atoms. The van der Waals surface area contributed by atoms with Crippen LogP contribution in [0.3, 0.4) is 0 Å². The van der Waals surface area contributed by atoms with Crippen LogP contribution in [0.2, 0.25) is 0 Å². The number of hydrogen-bond donors (Lipinski definition) is 1. The molecule has 0 amide bonds. The fraction of sp³-hybridized carbons (Fsp3) is 0.500. The molecule has 0 aliphatic carbocycles. The molecule has 11 heteroatoms. The molecule has 4 heterocycles. The number of Topliss-reactive ketones (excluding diaryl/α,β-unsaturated/α-hetero) is 1. The average Bonchev–Trinajstić information content (AvgIpc) is 3.28. The molecule has 1 aromatic carbocycles. The fourth-order valence-corrected chi connectivity index (χ4v) is 5.39. The number of aliphatic hydroxyl groups excluding tert-OH is 1. The second kappa shape index (κ2) is 10.4. The largest absolute Gasteiger partial charge is 0.416 e. The first-order valence-corrected chi connectivity index (χ1v) is 12.4. The van der Waals surface area contributed by atoms with Gasteiger partial charge in [0.05, 0.1) is 42.9 Å². The van der Waals surface area contributed by atoms with E-state index in [0.29, 0.717) is 49.8 Å². The number of ketones is 1. The molecule has 1 unspecified atom stereocenters. The summed E-state index contributed by atoms with van der Waals surface area (Å²) in [6.07, 6.45) is -0.845. The van der Waals surface area contributed by atoms with Gasteiger partial charge in [-0.05, 0) is 43.7 Å². The zero-order chi connectivity index (χ0) is 26.2. The van der Waals surface area contributed by atoms with Crippen LogP contribution in [0.5, 0.6) is 0 Å². The number of morpholine rings is 1. The van der Waals surface area contributed by atoms with Crippen molar-refractivity contribution in [2.75, 3.05) is 44.3 Å². The van der Waals surface area contributed by atoms with Gasteiger partial charge >= 0.3 is 6.18 Å². The minimum absolute atomic E-state index is 0.0125. The number of aromatic nitrogens is 3. The zero-order valence-electron chi connectivity index (χ0n) is 20.6. The average molecular weight is 518 g/mol. The van der Waals surface area contributed by atoms with Gasteiger partial charge in [-0.2, -0.15) is 13.2 Å². The van der Waals surface area contributed by atoms with Crippen molar-refractivity contribution in [3.05, 3.63) is 54.0 Å². The molecule has 3 aromatic rings. The van der Waals surface area contributed by atoms with Gasteiger partial charge in [-0.3, -0.25) is 9.69 Å². The third kappa shape index (κ3) is 5.48. The van der Waals surface area contributed by atoms with E-state index in [9.17, 15) is 23.1 Å². The highest BCUT2D eigenvalue weighted by Crippen LogP contribution is 2.36. The van der Waals surface area contributed by atoms with Crippen molar-refractivity contribution in [1.29, 1.82) is 0 Å². The summed E-state index contributed by atoms with van der Waals surface area (Å²) in [7, 11) is 0. The minimum atomic E-state index is -4.43. The first-order chi connectivity index (χ1) is 17.7. The summed E-state index contributed by atoms with van der Waals surface area (Å²) in [6.45, 7) is 4.82. The normalized spacial score (nSPS) is 23.5. The molecule has 5 rings (SSSR count). The Kier molecular flexibility index (Phi) is 7.19. The highest BCUT2D eigenvalue weighted by molar-refractivity contribution is 5.88. The number of β-amino-alcohol motifs (C(OH)–C–C–N with tert-alkyl or cyclic N) is 1. The second-order valence-electron chi connectivity index (χ2n) is 9.86. The molecule has 1 N–H and O–H groups in total. The predicted octanol–water partition coefficient (Wildman–Crippen LogP) is 3.30. The van der Waals surface area contributed by atoms with Crippen molar-refractivity contribution in [3.63, 3.8) is 0 Å². The quantitative estimate of drug-likeness (QED) is 0.537. The van der Waals surface area contributed by atoms with Crippen molar-refractivity contribution in [3.8, 4) is 0 Å². The van der Waals surface area contributed by atoms with Crippen LogP contribution in [0.1, 0.15) is 30.5 Å². The van der Waals surface area contributed by atoms with Gasteiger partial charge in [0, 0.05) is 31.7 Å². The highest BCUT2D eigenvalue weighted by Gasteiger charge is 2.34. The maximum atomic E-state index is 13.4. The summed E-state index contributed by atoms with van der Waals surface area (Å²) < 4.78 is 47.7. The Bertz CT molecular complexity index is 1260. The Morgan fingerprint density at radius 1 is 1.22 bits per heavy atom. The van der Waals surface area contributed by atoms with Gasteiger partial charge in [-0.15, -0.1) is 0 Å². The molecule has 2 saturated heterocycles. The summed E-state index contributed by atoms with van der Waals surface area (Å²) in [6, 6.07) is 6.84. The number of likely N-dealkylation sites (tertiary alicyclic amines) is 1. The highest BCUT2D eigenvalue weighted by atomic mass is 19.4. The van der Waals surface area contributed by atoms with Gasteiger partial charge in [0.2, 0.25) is 0 Å². The van der Waals surface area contributed by atoms with Gasteiger partial charge in [0.25, 0.3) is 0 Å². The SMILES string of the molecule is CC(=O)CN1CCC(Cn2ccc3c(N4CCOC[C@H]4c4cccc(C(F)(F)F)c4)ncnc32)[C@@H](O)C1. The summed E-state index contributed by atoms with van der Waals surface area (Å²) in [4.78, 5) is 24.4. The lowest BCUT2D eigenvalue weighted by Gasteiger charge is -2.37. The van der Waals surface area contributed by atoms with Crippen molar-refractivity contribution >= 4 is 22.6 Å². The Balaban J connectivity index is 1.40. The van der Waals surface area contributed by atoms with Crippen LogP contribution in [0.25, 0.3) is 11.0 Å². The van der Waals surface area contributed by atoms with Crippen LogP contribution >= 0.6 is 0 Å². The van der Waals surface area contributed by atoms with Gasteiger partial charge < -0.3 is 19.3 Å². The third-order valence-electron chi connectivity index (χ3n) is 7.22. The molecule has 2 aliphatic rings. The maximum Gasteiger partial charge on any atom is 0.416 e. The second-order valence-corrected chi connectivity index (χ2v) is 9.86. The van der Waals surface area contributed by atoms with Crippen LogP contribution in [0, 0.1) is 5.92 Å². The molecule has 2 aliphatic heterocycles. The summed E-state index contributed by atoms with van der Waals surface area (Å²) in [5, 5.41) is 11.5. The van der Waals surface area contributed by atoms with Crippen molar-refractivity contribution in [1.82, 2.24) is 19.4 Å². The number of aliphatic hydroxyl groups is 1. The lowest BCUT2D eigenvalue weighted by molar-refractivity contribution is -0.137. The topological polar surface area (TPSA) is 83.7 Å². The van der Waals surface area contributed by atoms with E-state index in [1.54, 1.807) is 13.0 Å². The van der Waals surface area contributed by atoms with Gasteiger partial charge in [0.1, 0.15) is 23.6 Å². The van der Waals surface area contributed by atoms with Crippen molar-refractivity contribution in [2.45, 2.75) is 38.2 Å². The van der Waals surface area contributed by atoms with E-state index in [0.717, 1.165) is 24.4 Å². The number of anilines is 1. The van der Waals surface area contributed by atoms with E-state index < -0.39 is 23.9 Å². The number of fused-ring (bicyclic) bond motifs is 1. The van der Waals surface area contributed by atoms with E-state index >= 15 is 0 Å². The lowest BCUT2D eigenvalue weighted by atomic mass is 9.93. The number of alkyl halides is 3. The van der Waals surface area contributed by atoms with Gasteiger partial charge in [-0.1, -0.05) is 12.1 Å². The first kappa shape index (κ1) is 25.6. The molecule has 2 fully saturated rings. The zero-order valence-corrected chi connectivity index (χ0v) is 20.6. The van der Waals surface area contributed by atoms with Crippen LogP contribution in [-0.4, -0.2) is 75.8 Å². The first-order valence-electron chi connectivity index (χ1n) is 12.4. The summed E-state index contributed by atoms with van der Waals surface area (Å²) in [5.74, 6) is 0.739. The number of carbonyl (C=O) groups excluding carboxylic acids is 1. The number of benzene rings is 1. The van der Waals surface area contributed by atoms with Crippen molar-refractivity contribution in [2.24, 2.45) is 5.92 Å². The number of rotatable bonds is 6. The number of ether oxygens (including phenoxy) is 1. The van der Waals surface area contributed by atoms with Crippen LogP contribution < -0.4 is 4.90 Å². The lowest BCUT2D eigenvalue weighted by Crippen LogP contribution is -2.46. The number of hydrogen-bond acceptors (Lipinski definition) is 7. The van der Waals surface area contributed by atoms with E-state index in [-0.39, 0.29) is 18.3 Å². The molecule has 3 atom stereocenters. The van der Waals surface area contributed by atoms with E-state index in [2.05, 4.69) is 9.97 Å². The Morgan fingerprint density at radius 2 is 2.05 bits per heavy atom. The number of halogens is 3. The van der Waals surface area contributed by atoms with Crippen LogP contribution in [0.4, 0.5) is 19.0 Å². The predicted molar refractivity (Wildman–Crippen MR) is 131 cm³/mol. The number of piperidine rings is 1. The van der Waals surface area contributed by atoms with Crippen molar-refractivity contribution < 1.29 is 27.8 Å². The Hall–Kier alpha value is -3.02. The Morgan fingerprint density at radius 3 is 2.81 bits per heavy atom. The molecule has 8 nitrogen and oxygen atoms in total. The molecule has 37 heavy (non-hydrogen) atoms. The Labute approximate surface area is 212 Å². The van der Waals surface area contributed by atoms with E-state index in [1.807, 2.05) is 26.6 Å². The molecule has 2 aromatic heterocycles. The summed E-state index contributed by atoms with van der Waals surface area (Å²) in [5.41, 5.74) is 0.529. The van der Waals surface area contributed by atoms with E-state index in [4.69, 9.17) is 4.74 Å². The molecular formula is C26H30F3N5O3. The fourth-order valence-electron chi connectivity index (χ4n) is 5.39. The standard InChI is InChI=1S/C26H30F3N5O3/c1-17(35)12-32-7-5-19(23(36)14-32)13-33-8-6-21-24(33)30-16-31-25(21)34-9-10-37-15-22(34)18-3-2-4-20(11-18)26(27,28)29/h2-4,6,8,11,16,19,22-23,36H,5,7,9-10,12-15H2,1H3/t19?,22-,23-/m0/s1. The number of nitrogens with zero attached hydrogens (tertiary/aromatic N) is 5. The molecule has 0 radical (unpaired) electrons. The minimum Gasteiger partial charge on any atom is -0.391 e. The van der Waals surface area contributed by atoms with Gasteiger partial charge in [0.15, 0.2) is 0 Å². The monoisotopic (exact) mass is 517 g/mol. The summed E-state index contributed by atoms with van der Waals surface area (Å²) >= 11 is 0. The molecule has 0 saturated carbocycles. The van der Waals surface area contributed by atoms with Gasteiger partial charge in [-0.25, -0.2) is 9.97 Å². The van der Waals surface area contributed by atoms with Crippen LogP contribution in [-0.2, 0) is 22.3 Å². The number of carbonyl (C=O) groups is 1.